The normalized spacial score (nSPS) is 12.0. The van der Waals surface area contributed by atoms with Gasteiger partial charge >= 0.3 is 0 Å². The molecule has 94 valence electrons. The van der Waals surface area contributed by atoms with Crippen LogP contribution in [0.1, 0.15) is 18.1 Å². The number of carbonyl (C=O) groups is 1. The highest BCUT2D eigenvalue weighted by Crippen LogP contribution is 2.19. The van der Waals surface area contributed by atoms with E-state index in [1.54, 1.807) is 14.0 Å². The molecule has 0 spiro atoms. The molecule has 1 unspecified atom stereocenters. The number of rotatable bonds is 5. The minimum Gasteiger partial charge on any atom is -0.496 e. The van der Waals surface area contributed by atoms with Crippen molar-refractivity contribution in [2.75, 3.05) is 13.7 Å². The van der Waals surface area contributed by atoms with Gasteiger partial charge in [0.1, 0.15) is 5.75 Å². The molecule has 0 heterocycles. The zero-order valence-electron chi connectivity index (χ0n) is 10.5. The molecule has 1 atom stereocenters. The Labute approximate surface area is 102 Å². The Morgan fingerprint density at radius 2 is 2.24 bits per heavy atom. The van der Waals surface area contributed by atoms with Crippen LogP contribution in [-0.2, 0) is 11.2 Å². The monoisotopic (exact) mass is 237 g/mol. The number of carbonyl (C=O) groups excluding carboxylic acids is 1. The van der Waals surface area contributed by atoms with Crippen LogP contribution in [0, 0.1) is 6.92 Å². The van der Waals surface area contributed by atoms with Gasteiger partial charge in [-0.25, -0.2) is 0 Å². The van der Waals surface area contributed by atoms with Crippen molar-refractivity contribution in [3.8, 4) is 5.75 Å². The van der Waals surface area contributed by atoms with Crippen molar-refractivity contribution in [3.05, 3.63) is 29.3 Å². The van der Waals surface area contributed by atoms with E-state index >= 15 is 0 Å². The molecule has 1 amide bonds. The highest BCUT2D eigenvalue weighted by molar-refractivity contribution is 5.79. The minimum atomic E-state index is -0.213. The number of methoxy groups -OCH3 is 1. The lowest BCUT2D eigenvalue weighted by Crippen LogP contribution is -2.35. The molecule has 0 saturated carbocycles. The number of nitrogens with one attached hydrogen (secondary N) is 1. The molecular formula is C13H19NO3. The fourth-order valence-corrected chi connectivity index (χ4v) is 1.53. The second-order valence-corrected chi connectivity index (χ2v) is 4.13. The molecule has 0 aliphatic carbocycles. The van der Waals surface area contributed by atoms with E-state index in [0.29, 0.717) is 6.42 Å². The zero-order valence-corrected chi connectivity index (χ0v) is 10.5. The van der Waals surface area contributed by atoms with Gasteiger partial charge in [-0.2, -0.15) is 0 Å². The maximum Gasteiger partial charge on any atom is 0.224 e. The lowest BCUT2D eigenvalue weighted by atomic mass is 10.1. The summed E-state index contributed by atoms with van der Waals surface area (Å²) in [6.45, 7) is 3.66. The number of ether oxygens (including phenoxy) is 1. The average Bonchev–Trinajstić information content (AvgIpc) is 2.31. The Bertz CT molecular complexity index is 390. The summed E-state index contributed by atoms with van der Waals surface area (Å²) < 4.78 is 5.20. The van der Waals surface area contributed by atoms with Crippen molar-refractivity contribution in [1.29, 1.82) is 0 Å². The molecule has 17 heavy (non-hydrogen) atoms. The topological polar surface area (TPSA) is 58.6 Å². The number of hydrogen-bond donors (Lipinski definition) is 2. The summed E-state index contributed by atoms with van der Waals surface area (Å²) in [5, 5.41) is 11.5. The van der Waals surface area contributed by atoms with E-state index < -0.39 is 0 Å². The first kappa shape index (κ1) is 13.5. The van der Waals surface area contributed by atoms with Gasteiger partial charge in [-0.3, -0.25) is 4.79 Å². The van der Waals surface area contributed by atoms with Gasteiger partial charge in [-0.05, 0) is 31.0 Å². The lowest BCUT2D eigenvalue weighted by Gasteiger charge is -2.11. The third-order valence-corrected chi connectivity index (χ3v) is 2.52. The molecule has 1 aromatic rings. The average molecular weight is 237 g/mol. The van der Waals surface area contributed by atoms with Crippen LogP contribution in [0.3, 0.4) is 0 Å². The molecule has 1 aromatic carbocycles. The molecule has 2 N–H and O–H groups in total. The molecule has 0 aliphatic rings. The molecule has 0 aromatic heterocycles. The molecule has 0 aliphatic heterocycles. The van der Waals surface area contributed by atoms with Gasteiger partial charge < -0.3 is 15.2 Å². The summed E-state index contributed by atoms with van der Waals surface area (Å²) in [6, 6.07) is 5.48. The van der Waals surface area contributed by atoms with Gasteiger partial charge in [0.05, 0.1) is 20.1 Å². The Hall–Kier alpha value is -1.55. The first-order valence-corrected chi connectivity index (χ1v) is 5.60. The van der Waals surface area contributed by atoms with E-state index in [2.05, 4.69) is 5.32 Å². The number of aliphatic hydroxyl groups is 1. The first-order valence-electron chi connectivity index (χ1n) is 5.60. The maximum atomic E-state index is 11.6. The van der Waals surface area contributed by atoms with Gasteiger partial charge in [0.15, 0.2) is 0 Å². The standard InChI is InChI=1S/C13H19NO3/c1-9-4-5-11(6-12(9)17-3)7-13(16)14-10(2)8-15/h4-6,10,15H,7-8H2,1-3H3,(H,14,16). The van der Waals surface area contributed by atoms with Gasteiger partial charge in [-0.15, -0.1) is 0 Å². The van der Waals surface area contributed by atoms with Crippen LogP contribution in [0.5, 0.6) is 5.75 Å². The van der Waals surface area contributed by atoms with E-state index in [1.807, 2.05) is 25.1 Å². The van der Waals surface area contributed by atoms with E-state index in [4.69, 9.17) is 9.84 Å². The lowest BCUT2D eigenvalue weighted by molar-refractivity contribution is -0.121. The quantitative estimate of drug-likeness (QED) is 0.804. The Balaban J connectivity index is 2.65. The van der Waals surface area contributed by atoms with Crippen molar-refractivity contribution in [2.24, 2.45) is 0 Å². The van der Waals surface area contributed by atoms with E-state index in [0.717, 1.165) is 16.9 Å². The fraction of sp³-hybridized carbons (Fsp3) is 0.462. The van der Waals surface area contributed by atoms with Gasteiger partial charge in [-0.1, -0.05) is 12.1 Å². The highest BCUT2D eigenvalue weighted by atomic mass is 16.5. The van der Waals surface area contributed by atoms with Crippen molar-refractivity contribution >= 4 is 5.91 Å². The summed E-state index contributed by atoms with van der Waals surface area (Å²) in [6.07, 6.45) is 0.293. The van der Waals surface area contributed by atoms with Crippen LogP contribution in [0.2, 0.25) is 0 Å². The molecule has 4 heteroatoms. The highest BCUT2D eigenvalue weighted by Gasteiger charge is 2.08. The predicted molar refractivity (Wildman–Crippen MR) is 66.1 cm³/mol. The maximum absolute atomic E-state index is 11.6. The molecule has 0 bridgehead atoms. The van der Waals surface area contributed by atoms with Crippen molar-refractivity contribution in [3.63, 3.8) is 0 Å². The number of hydrogen-bond acceptors (Lipinski definition) is 3. The number of benzene rings is 1. The number of aliphatic hydroxyl groups excluding tert-OH is 1. The van der Waals surface area contributed by atoms with Crippen LogP contribution in [-0.4, -0.2) is 30.8 Å². The van der Waals surface area contributed by atoms with Crippen LogP contribution in [0.15, 0.2) is 18.2 Å². The van der Waals surface area contributed by atoms with Gasteiger partial charge in [0.2, 0.25) is 5.91 Å². The van der Waals surface area contributed by atoms with E-state index in [1.165, 1.54) is 0 Å². The van der Waals surface area contributed by atoms with Gasteiger partial charge in [0, 0.05) is 6.04 Å². The molecule has 0 saturated heterocycles. The first-order chi connectivity index (χ1) is 8.06. The van der Waals surface area contributed by atoms with Crippen molar-refractivity contribution in [2.45, 2.75) is 26.3 Å². The van der Waals surface area contributed by atoms with Crippen LogP contribution in [0.4, 0.5) is 0 Å². The molecule has 0 fully saturated rings. The number of aryl methyl sites for hydroxylation is 1. The fourth-order valence-electron chi connectivity index (χ4n) is 1.53. The molecule has 4 nitrogen and oxygen atoms in total. The number of amides is 1. The predicted octanol–water partition coefficient (Wildman–Crippen LogP) is 1.04. The molecule has 1 rings (SSSR count). The summed E-state index contributed by atoms with van der Waals surface area (Å²) in [5.41, 5.74) is 1.94. The van der Waals surface area contributed by atoms with Gasteiger partial charge in [0.25, 0.3) is 0 Å². The Morgan fingerprint density at radius 3 is 2.82 bits per heavy atom. The molecule has 0 radical (unpaired) electrons. The second kappa shape index (κ2) is 6.25. The zero-order chi connectivity index (χ0) is 12.8. The summed E-state index contributed by atoms with van der Waals surface area (Å²) >= 11 is 0. The summed E-state index contributed by atoms with van der Waals surface area (Å²) in [5.74, 6) is 0.683. The van der Waals surface area contributed by atoms with Crippen molar-refractivity contribution < 1.29 is 14.6 Å². The second-order valence-electron chi connectivity index (χ2n) is 4.13. The van der Waals surface area contributed by atoms with Crippen LogP contribution in [0.25, 0.3) is 0 Å². The van der Waals surface area contributed by atoms with Crippen LogP contribution < -0.4 is 10.1 Å². The summed E-state index contributed by atoms with van der Waals surface area (Å²) in [7, 11) is 1.61. The minimum absolute atomic E-state index is 0.0526. The van der Waals surface area contributed by atoms with E-state index in [9.17, 15) is 4.79 Å². The Kier molecular flexibility index (Phi) is 4.97. The van der Waals surface area contributed by atoms with E-state index in [-0.39, 0.29) is 18.6 Å². The van der Waals surface area contributed by atoms with Crippen molar-refractivity contribution in [1.82, 2.24) is 5.32 Å². The smallest absolute Gasteiger partial charge is 0.224 e. The SMILES string of the molecule is COc1cc(CC(=O)NC(C)CO)ccc1C. The largest absolute Gasteiger partial charge is 0.496 e. The Morgan fingerprint density at radius 1 is 1.53 bits per heavy atom. The van der Waals surface area contributed by atoms with Crippen LogP contribution >= 0.6 is 0 Å². The third-order valence-electron chi connectivity index (χ3n) is 2.52. The molecular weight excluding hydrogens is 218 g/mol. The third kappa shape index (κ3) is 4.07. The summed E-state index contributed by atoms with van der Waals surface area (Å²) in [4.78, 5) is 11.6.